The molecule has 18 heavy (non-hydrogen) atoms. The van der Waals surface area contributed by atoms with E-state index >= 15 is 0 Å². The maximum atomic E-state index is 13.1. The smallest absolute Gasteiger partial charge is 0.141 e. The molecule has 0 atom stereocenters. The second kappa shape index (κ2) is 8.52. The summed E-state index contributed by atoms with van der Waals surface area (Å²) in [5.74, 6) is -0.456. The average molecular weight is 248 g/mol. The van der Waals surface area contributed by atoms with Crippen molar-refractivity contribution in [2.24, 2.45) is 0 Å². The Labute approximate surface area is 109 Å². The first kappa shape index (κ1) is 14.5. The molecular weight excluding hydrogens is 227 g/mol. The van der Waals surface area contributed by atoms with Crippen LogP contribution in [0.4, 0.5) is 10.1 Å². The first-order valence-corrected chi connectivity index (χ1v) is 6.71. The Balaban J connectivity index is 2.22. The monoisotopic (exact) mass is 248 g/mol. The fourth-order valence-electron chi connectivity index (χ4n) is 1.86. The molecule has 0 unspecified atom stereocenters. The van der Waals surface area contributed by atoms with Crippen molar-refractivity contribution in [3.63, 3.8) is 0 Å². The molecule has 1 N–H and O–H groups in total. The van der Waals surface area contributed by atoms with Crippen molar-refractivity contribution < 1.29 is 4.39 Å². The van der Waals surface area contributed by atoms with Gasteiger partial charge in [-0.25, -0.2) is 4.39 Å². The quantitative estimate of drug-likeness (QED) is 0.689. The van der Waals surface area contributed by atoms with Gasteiger partial charge in [0.2, 0.25) is 0 Å². The molecule has 0 spiro atoms. The van der Waals surface area contributed by atoms with E-state index in [2.05, 4.69) is 12.2 Å². The summed E-state index contributed by atoms with van der Waals surface area (Å²) in [5.41, 5.74) is 0.921. The lowest BCUT2D eigenvalue weighted by Gasteiger charge is -2.06. The maximum absolute atomic E-state index is 13.1. The van der Waals surface area contributed by atoms with Gasteiger partial charge < -0.3 is 5.32 Å². The van der Waals surface area contributed by atoms with Gasteiger partial charge in [-0.05, 0) is 24.6 Å². The number of benzene rings is 1. The third kappa shape index (κ3) is 5.18. The summed E-state index contributed by atoms with van der Waals surface area (Å²) in [6, 6.07) is 6.42. The van der Waals surface area contributed by atoms with Crippen LogP contribution < -0.4 is 5.32 Å². The average Bonchev–Trinajstić information content (AvgIpc) is 2.39. The van der Waals surface area contributed by atoms with Crippen LogP contribution in [-0.4, -0.2) is 6.54 Å². The third-order valence-electron chi connectivity index (χ3n) is 2.95. The van der Waals surface area contributed by atoms with E-state index in [9.17, 15) is 4.39 Å². The molecule has 0 heterocycles. The lowest BCUT2D eigenvalue weighted by atomic mass is 10.1. The largest absolute Gasteiger partial charge is 0.385 e. The van der Waals surface area contributed by atoms with Gasteiger partial charge in [-0.3, -0.25) is 0 Å². The molecule has 2 nitrogen and oxygen atoms in total. The molecule has 1 aromatic rings. The Kier molecular flexibility index (Phi) is 6.86. The highest BCUT2D eigenvalue weighted by Crippen LogP contribution is 2.14. The Morgan fingerprint density at radius 1 is 1.17 bits per heavy atom. The molecule has 0 saturated heterocycles. The molecule has 1 rings (SSSR count). The van der Waals surface area contributed by atoms with Crippen molar-refractivity contribution in [3.05, 3.63) is 29.6 Å². The molecule has 0 fully saturated rings. The molecule has 0 aromatic heterocycles. The number of unbranched alkanes of at least 4 members (excludes halogenated alkanes) is 5. The number of nitrogens with one attached hydrogen (secondary N) is 1. The van der Waals surface area contributed by atoms with E-state index in [1.807, 2.05) is 6.07 Å². The molecule has 0 saturated carbocycles. The fraction of sp³-hybridized carbons (Fsp3) is 0.533. The number of nitriles is 1. The zero-order valence-electron chi connectivity index (χ0n) is 11.0. The summed E-state index contributed by atoms with van der Waals surface area (Å²) in [6.07, 6.45) is 7.51. The maximum Gasteiger partial charge on any atom is 0.141 e. The number of hydrogen-bond acceptors (Lipinski definition) is 2. The van der Waals surface area contributed by atoms with Gasteiger partial charge in [-0.15, -0.1) is 0 Å². The summed E-state index contributed by atoms with van der Waals surface area (Å²) in [5, 5.41) is 11.9. The van der Waals surface area contributed by atoms with Crippen LogP contribution in [0.3, 0.4) is 0 Å². The van der Waals surface area contributed by atoms with Crippen LogP contribution in [-0.2, 0) is 0 Å². The molecule has 0 radical (unpaired) electrons. The number of hydrogen-bond donors (Lipinski definition) is 1. The van der Waals surface area contributed by atoms with E-state index in [4.69, 9.17) is 5.26 Å². The van der Waals surface area contributed by atoms with E-state index in [1.54, 1.807) is 12.1 Å². The van der Waals surface area contributed by atoms with Crippen molar-refractivity contribution in [1.82, 2.24) is 0 Å². The predicted molar refractivity (Wildman–Crippen MR) is 73.0 cm³/mol. The van der Waals surface area contributed by atoms with Crippen molar-refractivity contribution in [1.29, 1.82) is 5.26 Å². The predicted octanol–water partition coefficient (Wildman–Crippen LogP) is 4.47. The lowest BCUT2D eigenvalue weighted by molar-refractivity contribution is 0.616. The molecule has 0 amide bonds. The van der Waals surface area contributed by atoms with Crippen LogP contribution in [0.5, 0.6) is 0 Å². The Hall–Kier alpha value is -1.56. The Morgan fingerprint density at radius 2 is 1.89 bits per heavy atom. The van der Waals surface area contributed by atoms with E-state index in [-0.39, 0.29) is 5.56 Å². The zero-order chi connectivity index (χ0) is 13.2. The molecule has 0 aliphatic carbocycles. The minimum absolute atomic E-state index is 0.0999. The molecule has 0 aliphatic rings. The Morgan fingerprint density at radius 3 is 2.61 bits per heavy atom. The van der Waals surface area contributed by atoms with E-state index < -0.39 is 5.82 Å². The van der Waals surface area contributed by atoms with Gasteiger partial charge in [0, 0.05) is 12.2 Å². The molecule has 0 aliphatic heterocycles. The number of rotatable bonds is 8. The highest BCUT2D eigenvalue weighted by atomic mass is 19.1. The zero-order valence-corrected chi connectivity index (χ0v) is 11.0. The summed E-state index contributed by atoms with van der Waals surface area (Å²) in [6.45, 7) is 3.09. The van der Waals surface area contributed by atoms with E-state index in [0.717, 1.165) is 18.7 Å². The van der Waals surface area contributed by atoms with Crippen LogP contribution in [0.2, 0.25) is 0 Å². The van der Waals surface area contributed by atoms with Crippen LogP contribution in [0.25, 0.3) is 0 Å². The van der Waals surface area contributed by atoms with Gasteiger partial charge in [-0.2, -0.15) is 5.26 Å². The van der Waals surface area contributed by atoms with Crippen molar-refractivity contribution in [2.75, 3.05) is 11.9 Å². The fourth-order valence-corrected chi connectivity index (χ4v) is 1.86. The van der Waals surface area contributed by atoms with Crippen molar-refractivity contribution in [2.45, 2.75) is 45.4 Å². The highest BCUT2D eigenvalue weighted by molar-refractivity contribution is 5.49. The van der Waals surface area contributed by atoms with E-state index in [1.165, 1.54) is 38.2 Å². The minimum Gasteiger partial charge on any atom is -0.385 e. The summed E-state index contributed by atoms with van der Waals surface area (Å²) in [7, 11) is 0. The highest BCUT2D eigenvalue weighted by Gasteiger charge is 2.01. The minimum atomic E-state index is -0.456. The number of anilines is 1. The van der Waals surface area contributed by atoms with Crippen molar-refractivity contribution >= 4 is 5.69 Å². The summed E-state index contributed by atoms with van der Waals surface area (Å²) in [4.78, 5) is 0. The third-order valence-corrected chi connectivity index (χ3v) is 2.95. The van der Waals surface area contributed by atoms with Gasteiger partial charge in [0.15, 0.2) is 0 Å². The van der Waals surface area contributed by atoms with E-state index in [0.29, 0.717) is 0 Å². The first-order chi connectivity index (χ1) is 8.77. The van der Waals surface area contributed by atoms with Gasteiger partial charge in [-0.1, -0.05) is 39.0 Å². The normalized spacial score (nSPS) is 10.1. The molecule has 1 aromatic carbocycles. The molecule has 98 valence electrons. The lowest BCUT2D eigenvalue weighted by Crippen LogP contribution is -2.02. The van der Waals surface area contributed by atoms with Gasteiger partial charge >= 0.3 is 0 Å². The van der Waals surface area contributed by atoms with Gasteiger partial charge in [0.25, 0.3) is 0 Å². The first-order valence-electron chi connectivity index (χ1n) is 6.71. The second-order valence-electron chi connectivity index (χ2n) is 4.50. The van der Waals surface area contributed by atoms with Crippen LogP contribution in [0.1, 0.15) is 51.0 Å². The van der Waals surface area contributed by atoms with Crippen molar-refractivity contribution in [3.8, 4) is 6.07 Å². The van der Waals surface area contributed by atoms with Crippen LogP contribution >= 0.6 is 0 Å². The van der Waals surface area contributed by atoms with Crippen LogP contribution in [0.15, 0.2) is 18.2 Å². The topological polar surface area (TPSA) is 35.8 Å². The Bertz CT molecular complexity index is 396. The molecular formula is C15H21FN2. The number of halogens is 1. The standard InChI is InChI=1S/C15H21FN2/c1-2-3-4-5-6-7-10-18-14-8-9-15(16)13(11-14)12-17/h8-9,11,18H,2-7,10H2,1H3. The summed E-state index contributed by atoms with van der Waals surface area (Å²) >= 11 is 0. The number of nitrogens with zero attached hydrogens (tertiary/aromatic N) is 1. The molecule has 3 heteroatoms. The van der Waals surface area contributed by atoms with Gasteiger partial charge in [0.1, 0.15) is 11.9 Å². The summed E-state index contributed by atoms with van der Waals surface area (Å²) < 4.78 is 13.1. The SMILES string of the molecule is CCCCCCCCNc1ccc(F)c(C#N)c1. The molecule has 0 bridgehead atoms. The van der Waals surface area contributed by atoms with Crippen LogP contribution in [0, 0.1) is 17.1 Å². The van der Waals surface area contributed by atoms with Gasteiger partial charge in [0.05, 0.1) is 5.56 Å². The second-order valence-corrected chi connectivity index (χ2v) is 4.50.